The number of thioether (sulfide) groups is 1. The van der Waals surface area contributed by atoms with Crippen molar-refractivity contribution in [3.05, 3.63) is 70.8 Å². The SMILES string of the molecule is Cc1ccc(CSCc2ccccc2)cc1C[C@H](N)C(=O)O. The molecule has 0 unspecified atom stereocenters. The second-order valence-corrected chi connectivity index (χ2v) is 6.37. The first-order valence-electron chi connectivity index (χ1n) is 7.24. The first kappa shape index (κ1) is 16.6. The fourth-order valence-electron chi connectivity index (χ4n) is 2.22. The monoisotopic (exact) mass is 315 g/mol. The van der Waals surface area contributed by atoms with Gasteiger partial charge in [0.15, 0.2) is 0 Å². The van der Waals surface area contributed by atoms with E-state index in [0.717, 1.165) is 22.6 Å². The summed E-state index contributed by atoms with van der Waals surface area (Å²) in [6.45, 7) is 1.99. The summed E-state index contributed by atoms with van der Waals surface area (Å²) in [4.78, 5) is 10.9. The molecule has 0 aliphatic heterocycles. The lowest BCUT2D eigenvalue weighted by Crippen LogP contribution is -2.32. The first-order valence-corrected chi connectivity index (χ1v) is 8.40. The van der Waals surface area contributed by atoms with Crippen LogP contribution in [0, 0.1) is 6.92 Å². The zero-order chi connectivity index (χ0) is 15.9. The van der Waals surface area contributed by atoms with Crippen molar-refractivity contribution in [1.29, 1.82) is 0 Å². The highest BCUT2D eigenvalue weighted by atomic mass is 32.2. The maximum Gasteiger partial charge on any atom is 0.320 e. The number of hydrogen-bond acceptors (Lipinski definition) is 3. The van der Waals surface area contributed by atoms with E-state index in [1.807, 2.05) is 43.0 Å². The summed E-state index contributed by atoms with van der Waals surface area (Å²) < 4.78 is 0. The molecule has 0 amide bonds. The molecule has 1 atom stereocenters. The molecule has 4 heteroatoms. The Labute approximate surface area is 135 Å². The van der Waals surface area contributed by atoms with E-state index in [2.05, 4.69) is 24.3 Å². The molecule has 0 aliphatic rings. The van der Waals surface area contributed by atoms with E-state index in [1.165, 1.54) is 11.1 Å². The Bertz CT molecular complexity index is 628. The Hall–Kier alpha value is -1.78. The van der Waals surface area contributed by atoms with E-state index in [1.54, 1.807) is 0 Å². The minimum Gasteiger partial charge on any atom is -0.480 e. The number of benzene rings is 2. The van der Waals surface area contributed by atoms with Crippen LogP contribution in [0.3, 0.4) is 0 Å². The average Bonchev–Trinajstić information content (AvgIpc) is 2.51. The Kier molecular flexibility index (Phi) is 6.04. The molecule has 2 rings (SSSR count). The van der Waals surface area contributed by atoms with Gasteiger partial charge in [0.1, 0.15) is 6.04 Å². The summed E-state index contributed by atoms with van der Waals surface area (Å²) in [6.07, 6.45) is 0.373. The van der Waals surface area contributed by atoms with E-state index in [-0.39, 0.29) is 0 Å². The van der Waals surface area contributed by atoms with Crippen molar-refractivity contribution in [3.63, 3.8) is 0 Å². The van der Waals surface area contributed by atoms with Crippen LogP contribution in [0.4, 0.5) is 0 Å². The predicted octanol–water partition coefficient (Wildman–Crippen LogP) is 3.38. The van der Waals surface area contributed by atoms with Gasteiger partial charge in [0.25, 0.3) is 0 Å². The Balaban J connectivity index is 1.95. The van der Waals surface area contributed by atoms with E-state index in [9.17, 15) is 4.79 Å². The van der Waals surface area contributed by atoms with Gasteiger partial charge in [-0.1, -0.05) is 48.5 Å². The smallest absolute Gasteiger partial charge is 0.320 e. The highest BCUT2D eigenvalue weighted by Crippen LogP contribution is 2.20. The van der Waals surface area contributed by atoms with Gasteiger partial charge in [0.2, 0.25) is 0 Å². The molecule has 0 spiro atoms. The topological polar surface area (TPSA) is 63.3 Å². The van der Waals surface area contributed by atoms with Gasteiger partial charge in [-0.05, 0) is 35.6 Å². The predicted molar refractivity (Wildman–Crippen MR) is 91.9 cm³/mol. The molecule has 0 bridgehead atoms. The van der Waals surface area contributed by atoms with Crippen LogP contribution in [0.1, 0.15) is 22.3 Å². The van der Waals surface area contributed by atoms with Crippen LogP contribution in [-0.4, -0.2) is 17.1 Å². The number of rotatable bonds is 7. The van der Waals surface area contributed by atoms with Gasteiger partial charge >= 0.3 is 5.97 Å². The van der Waals surface area contributed by atoms with Crippen LogP contribution in [0.25, 0.3) is 0 Å². The van der Waals surface area contributed by atoms with Crippen LogP contribution in [0.5, 0.6) is 0 Å². The largest absolute Gasteiger partial charge is 0.480 e. The van der Waals surface area contributed by atoms with Crippen LogP contribution in [-0.2, 0) is 22.7 Å². The highest BCUT2D eigenvalue weighted by molar-refractivity contribution is 7.97. The third-order valence-electron chi connectivity index (χ3n) is 3.55. The summed E-state index contributed by atoms with van der Waals surface area (Å²) in [5.41, 5.74) is 10.3. The third-order valence-corrected chi connectivity index (χ3v) is 4.63. The number of carboxylic acid groups (broad SMARTS) is 1. The van der Waals surface area contributed by atoms with Gasteiger partial charge in [-0.25, -0.2) is 0 Å². The Morgan fingerprint density at radius 1 is 1.14 bits per heavy atom. The molecule has 116 valence electrons. The third kappa shape index (κ3) is 4.90. The second kappa shape index (κ2) is 8.01. The molecule has 0 saturated carbocycles. The molecular weight excluding hydrogens is 294 g/mol. The van der Waals surface area contributed by atoms with E-state index in [4.69, 9.17) is 10.8 Å². The molecule has 3 N–H and O–H groups in total. The fraction of sp³-hybridized carbons (Fsp3) is 0.278. The van der Waals surface area contributed by atoms with Crippen molar-refractivity contribution >= 4 is 17.7 Å². The zero-order valence-corrected chi connectivity index (χ0v) is 13.5. The van der Waals surface area contributed by atoms with Gasteiger partial charge in [0, 0.05) is 11.5 Å². The molecule has 2 aromatic rings. The summed E-state index contributed by atoms with van der Waals surface area (Å²) in [6, 6.07) is 15.7. The van der Waals surface area contributed by atoms with Crippen LogP contribution in [0.2, 0.25) is 0 Å². The molecule has 0 heterocycles. The minimum absolute atomic E-state index is 0.373. The van der Waals surface area contributed by atoms with Crippen molar-refractivity contribution in [3.8, 4) is 0 Å². The van der Waals surface area contributed by atoms with Crippen molar-refractivity contribution in [2.75, 3.05) is 0 Å². The average molecular weight is 315 g/mol. The molecular formula is C18H21NO2S. The number of nitrogens with two attached hydrogens (primary N) is 1. The van der Waals surface area contributed by atoms with Gasteiger partial charge in [-0.15, -0.1) is 0 Å². The molecule has 0 aliphatic carbocycles. The highest BCUT2D eigenvalue weighted by Gasteiger charge is 2.13. The molecule has 0 saturated heterocycles. The zero-order valence-electron chi connectivity index (χ0n) is 12.7. The van der Waals surface area contributed by atoms with Crippen molar-refractivity contribution in [2.45, 2.75) is 30.9 Å². The summed E-state index contributed by atoms with van der Waals surface area (Å²) >= 11 is 1.85. The second-order valence-electron chi connectivity index (χ2n) is 5.39. The normalized spacial score (nSPS) is 12.1. The molecule has 0 aromatic heterocycles. The van der Waals surface area contributed by atoms with Crippen molar-refractivity contribution in [2.24, 2.45) is 5.73 Å². The lowest BCUT2D eigenvalue weighted by atomic mass is 9.99. The summed E-state index contributed by atoms with van der Waals surface area (Å²) in [5, 5.41) is 8.94. The molecule has 22 heavy (non-hydrogen) atoms. The summed E-state index contributed by atoms with van der Waals surface area (Å²) in [7, 11) is 0. The minimum atomic E-state index is -0.955. The Morgan fingerprint density at radius 3 is 2.50 bits per heavy atom. The summed E-state index contributed by atoms with van der Waals surface area (Å²) in [5.74, 6) is 0.923. The number of carbonyl (C=O) groups is 1. The van der Waals surface area contributed by atoms with Gasteiger partial charge in [-0.2, -0.15) is 11.8 Å². The van der Waals surface area contributed by atoms with Crippen molar-refractivity contribution in [1.82, 2.24) is 0 Å². The molecule has 0 radical (unpaired) electrons. The first-order chi connectivity index (χ1) is 10.6. The van der Waals surface area contributed by atoms with Crippen LogP contribution < -0.4 is 5.73 Å². The lowest BCUT2D eigenvalue weighted by molar-refractivity contribution is -0.138. The van der Waals surface area contributed by atoms with E-state index in [0.29, 0.717) is 6.42 Å². The van der Waals surface area contributed by atoms with Crippen LogP contribution >= 0.6 is 11.8 Å². The van der Waals surface area contributed by atoms with Gasteiger partial charge < -0.3 is 10.8 Å². The number of carboxylic acids is 1. The van der Waals surface area contributed by atoms with Gasteiger partial charge in [-0.3, -0.25) is 4.79 Å². The van der Waals surface area contributed by atoms with Crippen molar-refractivity contribution < 1.29 is 9.90 Å². The maximum atomic E-state index is 10.9. The number of aliphatic carboxylic acids is 1. The van der Waals surface area contributed by atoms with Crippen LogP contribution in [0.15, 0.2) is 48.5 Å². The standard InChI is InChI=1S/C18H21NO2S/c1-13-7-8-15(9-16(13)10-17(19)18(20)21)12-22-11-14-5-3-2-4-6-14/h2-9,17H,10-12,19H2,1H3,(H,20,21)/t17-/m0/s1. The Morgan fingerprint density at radius 2 is 1.82 bits per heavy atom. The van der Waals surface area contributed by atoms with Gasteiger partial charge in [0.05, 0.1) is 0 Å². The molecule has 0 fully saturated rings. The number of aryl methyl sites for hydroxylation is 1. The maximum absolute atomic E-state index is 10.9. The van der Waals surface area contributed by atoms with E-state index >= 15 is 0 Å². The fourth-order valence-corrected chi connectivity index (χ4v) is 3.17. The van der Waals surface area contributed by atoms with E-state index < -0.39 is 12.0 Å². The number of hydrogen-bond donors (Lipinski definition) is 2. The lowest BCUT2D eigenvalue weighted by Gasteiger charge is -2.11. The quantitative estimate of drug-likeness (QED) is 0.822. The molecule has 2 aromatic carbocycles. The molecule has 3 nitrogen and oxygen atoms in total.